The average molecular weight is 462 g/mol. The van der Waals surface area contributed by atoms with E-state index in [1.807, 2.05) is 55.5 Å². The van der Waals surface area contributed by atoms with Crippen molar-refractivity contribution in [1.82, 2.24) is 0 Å². The van der Waals surface area contributed by atoms with Gasteiger partial charge in [0, 0.05) is 28.8 Å². The molecule has 1 aliphatic heterocycles. The fourth-order valence-corrected chi connectivity index (χ4v) is 4.80. The van der Waals surface area contributed by atoms with Crippen molar-refractivity contribution in [3.05, 3.63) is 59.7 Å². The number of anilines is 1. The summed E-state index contributed by atoms with van der Waals surface area (Å²) in [6.07, 6.45) is 0.872. The molecule has 4 aromatic rings. The summed E-state index contributed by atoms with van der Waals surface area (Å²) in [5.74, 6) is 2.00. The lowest BCUT2D eigenvalue weighted by Gasteiger charge is -2.30. The summed E-state index contributed by atoms with van der Waals surface area (Å²) in [7, 11) is 4.89. The molecule has 3 aromatic carbocycles. The van der Waals surface area contributed by atoms with E-state index in [1.54, 1.807) is 21.3 Å². The molecule has 1 unspecified atom stereocenters. The van der Waals surface area contributed by atoms with E-state index >= 15 is 0 Å². The molecule has 0 spiro atoms. The Morgan fingerprint density at radius 1 is 0.912 bits per heavy atom. The van der Waals surface area contributed by atoms with Gasteiger partial charge < -0.3 is 28.8 Å². The smallest absolute Gasteiger partial charge is 0.282 e. The van der Waals surface area contributed by atoms with E-state index in [2.05, 4.69) is 5.32 Å². The first-order valence-electron chi connectivity index (χ1n) is 11.4. The van der Waals surface area contributed by atoms with Crippen molar-refractivity contribution in [3.63, 3.8) is 0 Å². The largest absolute Gasteiger partial charge is 0.495 e. The van der Waals surface area contributed by atoms with Crippen LogP contribution in [0.2, 0.25) is 0 Å². The van der Waals surface area contributed by atoms with Crippen molar-refractivity contribution >= 4 is 33.5 Å². The molecule has 7 heteroatoms. The van der Waals surface area contributed by atoms with Gasteiger partial charge in [0.1, 0.15) is 23.5 Å². The minimum atomic E-state index is -0.252. The molecule has 7 nitrogen and oxygen atoms in total. The van der Waals surface area contributed by atoms with Crippen LogP contribution in [0.1, 0.15) is 18.1 Å². The van der Waals surface area contributed by atoms with Crippen LogP contribution in [0, 0.1) is 0 Å². The minimum Gasteiger partial charge on any atom is -0.495 e. The molecule has 1 aliphatic rings. The van der Waals surface area contributed by atoms with Gasteiger partial charge in [-0.3, -0.25) is 4.79 Å². The highest BCUT2D eigenvalue weighted by Crippen LogP contribution is 2.36. The third-order valence-electron chi connectivity index (χ3n) is 6.80. The van der Waals surface area contributed by atoms with Gasteiger partial charge in [-0.2, -0.15) is 0 Å². The van der Waals surface area contributed by atoms with Gasteiger partial charge in [-0.15, -0.1) is 0 Å². The summed E-state index contributed by atoms with van der Waals surface area (Å²) in [5.41, 5.74) is 4.55. The number of para-hydroxylation sites is 1. The van der Waals surface area contributed by atoms with Gasteiger partial charge in [0.25, 0.3) is 5.91 Å². The van der Waals surface area contributed by atoms with Gasteiger partial charge in [-0.25, -0.2) is 0 Å². The lowest BCUT2D eigenvalue weighted by molar-refractivity contribution is -0.929. The third-order valence-corrected chi connectivity index (χ3v) is 6.80. The monoisotopic (exact) mass is 461 g/mol. The van der Waals surface area contributed by atoms with E-state index in [0.717, 1.165) is 41.6 Å². The second-order valence-corrected chi connectivity index (χ2v) is 8.67. The Morgan fingerprint density at radius 3 is 2.35 bits per heavy atom. The van der Waals surface area contributed by atoms with Gasteiger partial charge in [0.05, 0.1) is 33.6 Å². The number of amides is 1. The maximum Gasteiger partial charge on any atom is 0.282 e. The lowest BCUT2D eigenvalue weighted by Crippen LogP contribution is -3.16. The van der Waals surface area contributed by atoms with E-state index in [-0.39, 0.29) is 11.9 Å². The Hall–Kier alpha value is -3.71. The maximum atomic E-state index is 13.3. The number of hydrogen-bond acceptors (Lipinski definition) is 5. The molecule has 0 aliphatic carbocycles. The average Bonchev–Trinajstić information content (AvgIpc) is 3.23. The summed E-state index contributed by atoms with van der Waals surface area (Å²) in [6.45, 7) is 3.56. The summed E-state index contributed by atoms with van der Waals surface area (Å²) in [4.78, 5) is 14.5. The SMILES string of the molecule is COc1cc2c(cc1NC(=O)[C@H](C)[NH+]1CCc3cc(OC)c(OC)cc3C1)oc1ccccc12. The van der Waals surface area contributed by atoms with Gasteiger partial charge in [0.15, 0.2) is 17.5 Å². The van der Waals surface area contributed by atoms with Gasteiger partial charge in [-0.05, 0) is 36.8 Å². The number of fused-ring (bicyclic) bond motifs is 4. The van der Waals surface area contributed by atoms with Crippen LogP contribution in [0.4, 0.5) is 5.69 Å². The van der Waals surface area contributed by atoms with Crippen LogP contribution in [0.5, 0.6) is 17.2 Å². The summed E-state index contributed by atoms with van der Waals surface area (Å²) < 4.78 is 22.5. The van der Waals surface area contributed by atoms with Gasteiger partial charge >= 0.3 is 0 Å². The van der Waals surface area contributed by atoms with E-state index in [0.29, 0.717) is 22.8 Å². The fraction of sp³-hybridized carbons (Fsp3) is 0.296. The standard InChI is InChI=1S/C27H28N2O5/c1-16(29-10-9-17-11-25(32-3)26(33-4)12-18(17)15-29)27(30)28-21-14-23-20(13-24(21)31-2)19-7-5-6-8-22(19)34-23/h5-8,11-14,16H,9-10,15H2,1-4H3,(H,28,30)/p+1/t16-/m0/s1. The van der Waals surface area contributed by atoms with Crippen molar-refractivity contribution in [2.24, 2.45) is 0 Å². The highest BCUT2D eigenvalue weighted by Gasteiger charge is 2.30. The summed E-state index contributed by atoms with van der Waals surface area (Å²) in [6, 6.07) is 15.5. The molecule has 34 heavy (non-hydrogen) atoms. The van der Waals surface area contributed by atoms with Gasteiger partial charge in [0.2, 0.25) is 0 Å². The molecule has 2 N–H and O–H groups in total. The lowest BCUT2D eigenvalue weighted by atomic mass is 9.97. The summed E-state index contributed by atoms with van der Waals surface area (Å²) in [5, 5.41) is 5.05. The number of nitrogens with one attached hydrogen (secondary N) is 2. The van der Waals surface area contributed by atoms with Crippen molar-refractivity contribution in [2.45, 2.75) is 25.9 Å². The first-order chi connectivity index (χ1) is 16.5. The Labute approximate surface area is 198 Å². The number of carbonyl (C=O) groups excluding carboxylic acids is 1. The molecule has 0 radical (unpaired) electrons. The van der Waals surface area contributed by atoms with Crippen molar-refractivity contribution in [2.75, 3.05) is 33.2 Å². The molecule has 0 saturated carbocycles. The van der Waals surface area contributed by atoms with Crippen molar-refractivity contribution < 1.29 is 28.3 Å². The van der Waals surface area contributed by atoms with Crippen LogP contribution in [-0.4, -0.2) is 39.8 Å². The van der Waals surface area contributed by atoms with Crippen molar-refractivity contribution in [3.8, 4) is 17.2 Å². The Bertz CT molecular complexity index is 1380. The van der Waals surface area contributed by atoms with Crippen LogP contribution < -0.4 is 24.4 Å². The topological polar surface area (TPSA) is 74.4 Å². The highest BCUT2D eigenvalue weighted by molar-refractivity contribution is 6.08. The molecule has 0 saturated heterocycles. The van der Waals surface area contributed by atoms with Crippen molar-refractivity contribution in [1.29, 1.82) is 0 Å². The maximum absolute atomic E-state index is 13.3. The first-order valence-corrected chi connectivity index (χ1v) is 11.4. The molecular weight excluding hydrogens is 432 g/mol. The zero-order valence-corrected chi connectivity index (χ0v) is 19.9. The number of quaternary nitrogens is 1. The summed E-state index contributed by atoms with van der Waals surface area (Å²) >= 11 is 0. The predicted octanol–water partition coefficient (Wildman–Crippen LogP) is 3.58. The number of benzene rings is 3. The number of hydrogen-bond donors (Lipinski definition) is 2. The van der Waals surface area contributed by atoms with Crippen LogP contribution in [-0.2, 0) is 17.8 Å². The zero-order valence-electron chi connectivity index (χ0n) is 19.9. The van der Waals surface area contributed by atoms with E-state index < -0.39 is 0 Å². The Balaban J connectivity index is 1.37. The number of carbonyl (C=O) groups is 1. The molecule has 5 rings (SSSR count). The van der Waals surface area contributed by atoms with Crippen LogP contribution >= 0.6 is 0 Å². The number of rotatable bonds is 6. The second-order valence-electron chi connectivity index (χ2n) is 8.67. The molecule has 0 fully saturated rings. The van der Waals surface area contributed by atoms with Gasteiger partial charge in [-0.1, -0.05) is 18.2 Å². The molecule has 2 heterocycles. The third kappa shape index (κ3) is 3.82. The van der Waals surface area contributed by atoms with E-state index in [1.165, 1.54) is 16.0 Å². The molecular formula is C27H29N2O5+. The van der Waals surface area contributed by atoms with Crippen LogP contribution in [0.3, 0.4) is 0 Å². The number of ether oxygens (including phenoxy) is 3. The molecule has 0 bridgehead atoms. The van der Waals surface area contributed by atoms with Crippen LogP contribution in [0.25, 0.3) is 21.9 Å². The molecule has 2 atom stereocenters. The second kappa shape index (κ2) is 8.91. The predicted molar refractivity (Wildman–Crippen MR) is 131 cm³/mol. The number of furan rings is 1. The Kier molecular flexibility index (Phi) is 5.79. The normalized spacial score (nSPS) is 16.2. The number of methoxy groups -OCH3 is 3. The Morgan fingerprint density at radius 2 is 1.62 bits per heavy atom. The first kappa shape index (κ1) is 22.1. The minimum absolute atomic E-state index is 0.0623. The fourth-order valence-electron chi connectivity index (χ4n) is 4.80. The zero-order chi connectivity index (χ0) is 23.8. The van der Waals surface area contributed by atoms with E-state index in [4.69, 9.17) is 18.6 Å². The highest BCUT2D eigenvalue weighted by atomic mass is 16.5. The molecule has 1 amide bonds. The van der Waals surface area contributed by atoms with Crippen LogP contribution in [0.15, 0.2) is 52.9 Å². The molecule has 1 aromatic heterocycles. The van der Waals surface area contributed by atoms with E-state index in [9.17, 15) is 4.79 Å². The quantitative estimate of drug-likeness (QED) is 0.459. The molecule has 176 valence electrons.